The van der Waals surface area contributed by atoms with Crippen molar-refractivity contribution in [3.05, 3.63) is 35.5 Å². The van der Waals surface area contributed by atoms with Gasteiger partial charge in [-0.05, 0) is 44.3 Å². The average molecular weight is 246 g/mol. The Hall–Kier alpha value is -1.81. The van der Waals surface area contributed by atoms with Crippen molar-refractivity contribution in [2.45, 2.75) is 6.42 Å². The highest BCUT2D eigenvalue weighted by molar-refractivity contribution is 5.95. The van der Waals surface area contributed by atoms with E-state index in [1.807, 2.05) is 18.3 Å². The van der Waals surface area contributed by atoms with Gasteiger partial charge < -0.3 is 14.6 Å². The molecule has 0 radical (unpaired) electrons. The molecule has 0 aliphatic rings. The van der Waals surface area contributed by atoms with Gasteiger partial charge in [-0.2, -0.15) is 0 Å². The molecule has 2 rings (SSSR count). The van der Waals surface area contributed by atoms with Crippen molar-refractivity contribution in [2.75, 3.05) is 27.7 Å². The minimum atomic E-state index is -0.295. The first-order valence-electron chi connectivity index (χ1n) is 5.95. The average Bonchev–Trinajstić information content (AvgIpc) is 2.77. The number of fused-ring (bicyclic) bond motifs is 1. The van der Waals surface area contributed by atoms with Gasteiger partial charge in [0.15, 0.2) is 0 Å². The van der Waals surface area contributed by atoms with Gasteiger partial charge >= 0.3 is 5.97 Å². The number of carbonyl (C=O) groups excluding carboxylic acids is 1. The van der Waals surface area contributed by atoms with Gasteiger partial charge in [0.1, 0.15) is 0 Å². The Balaban J connectivity index is 2.34. The predicted octanol–water partition coefficient (Wildman–Crippen LogP) is 2.06. The molecule has 1 aromatic heterocycles. The van der Waals surface area contributed by atoms with Crippen molar-refractivity contribution >= 4 is 16.9 Å². The first-order chi connectivity index (χ1) is 8.61. The van der Waals surface area contributed by atoms with Crippen molar-refractivity contribution < 1.29 is 9.53 Å². The number of likely N-dealkylation sites (N-methyl/N-ethyl adjacent to an activating group) is 1. The molecule has 0 atom stereocenters. The predicted molar refractivity (Wildman–Crippen MR) is 71.9 cm³/mol. The molecule has 1 N–H and O–H groups in total. The first-order valence-corrected chi connectivity index (χ1v) is 5.95. The maximum absolute atomic E-state index is 11.5. The highest BCUT2D eigenvalue weighted by atomic mass is 16.5. The Morgan fingerprint density at radius 1 is 1.39 bits per heavy atom. The van der Waals surface area contributed by atoms with Crippen LogP contribution in [0.3, 0.4) is 0 Å². The molecule has 1 heterocycles. The lowest BCUT2D eigenvalue weighted by Crippen LogP contribution is -2.14. The summed E-state index contributed by atoms with van der Waals surface area (Å²) in [6.45, 7) is 0.982. The van der Waals surface area contributed by atoms with E-state index < -0.39 is 0 Å². The molecular weight excluding hydrogens is 228 g/mol. The number of rotatable bonds is 4. The summed E-state index contributed by atoms with van der Waals surface area (Å²) in [4.78, 5) is 16.9. The second kappa shape index (κ2) is 5.23. The molecule has 96 valence electrons. The number of hydrogen-bond acceptors (Lipinski definition) is 3. The molecule has 0 saturated carbocycles. The van der Waals surface area contributed by atoms with Crippen LogP contribution in [0, 0.1) is 0 Å². The fourth-order valence-electron chi connectivity index (χ4n) is 1.97. The van der Waals surface area contributed by atoms with E-state index >= 15 is 0 Å². The van der Waals surface area contributed by atoms with E-state index in [9.17, 15) is 4.79 Å². The van der Waals surface area contributed by atoms with E-state index in [1.165, 1.54) is 12.7 Å². The molecule has 2 aromatic rings. The third-order valence-electron chi connectivity index (χ3n) is 3.02. The van der Waals surface area contributed by atoms with E-state index in [0.717, 1.165) is 23.9 Å². The highest BCUT2D eigenvalue weighted by Crippen LogP contribution is 2.20. The highest BCUT2D eigenvalue weighted by Gasteiger charge is 2.09. The van der Waals surface area contributed by atoms with Crippen LogP contribution in [0.4, 0.5) is 0 Å². The Bertz CT molecular complexity index is 558. The van der Waals surface area contributed by atoms with Gasteiger partial charge in [0, 0.05) is 23.6 Å². The summed E-state index contributed by atoms with van der Waals surface area (Å²) >= 11 is 0. The number of hydrogen-bond donors (Lipinski definition) is 1. The fourth-order valence-corrected chi connectivity index (χ4v) is 1.97. The van der Waals surface area contributed by atoms with Gasteiger partial charge in [-0.1, -0.05) is 0 Å². The molecule has 18 heavy (non-hydrogen) atoms. The molecule has 0 amide bonds. The van der Waals surface area contributed by atoms with E-state index in [-0.39, 0.29) is 5.97 Å². The topological polar surface area (TPSA) is 45.3 Å². The normalized spacial score (nSPS) is 11.1. The molecule has 4 nitrogen and oxygen atoms in total. The number of aromatic nitrogens is 1. The zero-order chi connectivity index (χ0) is 13.1. The van der Waals surface area contributed by atoms with Crippen LogP contribution in [0.15, 0.2) is 24.4 Å². The monoisotopic (exact) mass is 246 g/mol. The number of esters is 1. The van der Waals surface area contributed by atoms with Crippen LogP contribution in [0.1, 0.15) is 15.9 Å². The maximum atomic E-state index is 11.5. The molecule has 4 heteroatoms. The summed E-state index contributed by atoms with van der Waals surface area (Å²) < 4.78 is 4.74. The first kappa shape index (κ1) is 12.6. The van der Waals surface area contributed by atoms with Crippen LogP contribution in [-0.2, 0) is 11.2 Å². The van der Waals surface area contributed by atoms with E-state index in [1.54, 1.807) is 6.07 Å². The number of nitrogens with one attached hydrogen (secondary N) is 1. The van der Waals surface area contributed by atoms with Gasteiger partial charge in [0.25, 0.3) is 0 Å². The smallest absolute Gasteiger partial charge is 0.337 e. The number of aromatic amines is 1. The minimum Gasteiger partial charge on any atom is -0.465 e. The molecule has 0 unspecified atom stereocenters. The summed E-state index contributed by atoms with van der Waals surface area (Å²) in [7, 11) is 5.50. The zero-order valence-corrected chi connectivity index (χ0v) is 11.0. The van der Waals surface area contributed by atoms with Gasteiger partial charge in [0.05, 0.1) is 12.7 Å². The van der Waals surface area contributed by atoms with Gasteiger partial charge in [0.2, 0.25) is 0 Å². The van der Waals surface area contributed by atoms with Crippen molar-refractivity contribution in [1.82, 2.24) is 9.88 Å². The van der Waals surface area contributed by atoms with Crippen LogP contribution < -0.4 is 0 Å². The minimum absolute atomic E-state index is 0.295. The van der Waals surface area contributed by atoms with Crippen molar-refractivity contribution in [1.29, 1.82) is 0 Å². The molecular formula is C14H18N2O2. The molecule has 0 aliphatic carbocycles. The second-order valence-corrected chi connectivity index (χ2v) is 4.62. The molecule has 0 saturated heterocycles. The lowest BCUT2D eigenvalue weighted by Gasteiger charge is -2.08. The van der Waals surface area contributed by atoms with Crippen LogP contribution in [0.5, 0.6) is 0 Å². The molecule has 0 spiro atoms. The number of H-pyrrole nitrogens is 1. The number of ether oxygens (including phenoxy) is 1. The van der Waals surface area contributed by atoms with Crippen molar-refractivity contribution in [3.63, 3.8) is 0 Å². The lowest BCUT2D eigenvalue weighted by atomic mass is 10.1. The van der Waals surface area contributed by atoms with Crippen LogP contribution in [0.25, 0.3) is 10.9 Å². The Labute approximate surface area is 107 Å². The standard InChI is InChI=1S/C14H18N2O2/c1-16(2)7-6-11-9-15-13-5-4-10(8-12(11)13)14(17)18-3/h4-5,8-9,15H,6-7H2,1-3H3. The van der Waals surface area contributed by atoms with Crippen LogP contribution >= 0.6 is 0 Å². The van der Waals surface area contributed by atoms with Crippen molar-refractivity contribution in [2.24, 2.45) is 0 Å². The molecule has 1 aromatic carbocycles. The van der Waals surface area contributed by atoms with Crippen molar-refractivity contribution in [3.8, 4) is 0 Å². The van der Waals surface area contributed by atoms with E-state index in [2.05, 4.69) is 24.0 Å². The number of methoxy groups -OCH3 is 1. The largest absolute Gasteiger partial charge is 0.465 e. The third kappa shape index (κ3) is 2.54. The van der Waals surface area contributed by atoms with Gasteiger partial charge in [-0.3, -0.25) is 0 Å². The Morgan fingerprint density at radius 2 is 2.17 bits per heavy atom. The summed E-state index contributed by atoms with van der Waals surface area (Å²) in [6, 6.07) is 5.59. The number of carbonyl (C=O) groups is 1. The number of benzene rings is 1. The summed E-state index contributed by atoms with van der Waals surface area (Å²) in [5, 5.41) is 1.10. The van der Waals surface area contributed by atoms with Gasteiger partial charge in [-0.15, -0.1) is 0 Å². The summed E-state index contributed by atoms with van der Waals surface area (Å²) in [5.74, 6) is -0.295. The SMILES string of the molecule is COC(=O)c1ccc2[nH]cc(CCN(C)C)c2c1. The van der Waals surface area contributed by atoms with Gasteiger partial charge in [-0.25, -0.2) is 4.79 Å². The Kier molecular flexibility index (Phi) is 3.67. The van der Waals surface area contributed by atoms with E-state index in [0.29, 0.717) is 5.56 Å². The third-order valence-corrected chi connectivity index (χ3v) is 3.02. The molecule has 0 bridgehead atoms. The van der Waals surface area contributed by atoms with E-state index in [4.69, 9.17) is 4.74 Å². The van der Waals surface area contributed by atoms with Crippen LogP contribution in [0.2, 0.25) is 0 Å². The molecule has 0 aliphatic heterocycles. The second-order valence-electron chi connectivity index (χ2n) is 4.62. The summed E-state index contributed by atoms with van der Waals surface area (Å²) in [5.41, 5.74) is 2.87. The zero-order valence-electron chi connectivity index (χ0n) is 11.0. The Morgan fingerprint density at radius 3 is 2.83 bits per heavy atom. The number of nitrogens with zero attached hydrogens (tertiary/aromatic N) is 1. The molecule has 0 fully saturated rings. The van der Waals surface area contributed by atoms with Crippen LogP contribution in [-0.4, -0.2) is 43.6 Å². The quantitative estimate of drug-likeness (QED) is 0.840. The fraction of sp³-hybridized carbons (Fsp3) is 0.357. The summed E-state index contributed by atoms with van der Waals surface area (Å²) in [6.07, 6.45) is 2.97. The lowest BCUT2D eigenvalue weighted by molar-refractivity contribution is 0.0601. The maximum Gasteiger partial charge on any atom is 0.337 e.